The van der Waals surface area contributed by atoms with Gasteiger partial charge in [-0.15, -0.1) is 0 Å². The number of hydrogen-bond donors (Lipinski definition) is 0. The van der Waals surface area contributed by atoms with Gasteiger partial charge in [0, 0.05) is 25.4 Å². The molecule has 0 N–H and O–H groups in total. The quantitative estimate of drug-likeness (QED) is 0.756. The molecule has 1 aromatic rings. The Hall–Kier alpha value is -1.46. The van der Waals surface area contributed by atoms with Gasteiger partial charge in [-0.2, -0.15) is 0 Å². The highest BCUT2D eigenvalue weighted by Crippen LogP contribution is 2.61. The van der Waals surface area contributed by atoms with Crippen molar-refractivity contribution in [3.05, 3.63) is 29.6 Å². The fourth-order valence-corrected chi connectivity index (χ4v) is 7.76. The van der Waals surface area contributed by atoms with E-state index in [0.29, 0.717) is 12.5 Å². The zero-order valence-corrected chi connectivity index (χ0v) is 18.1. The summed E-state index contributed by atoms with van der Waals surface area (Å²) in [6.45, 7) is 4.92. The lowest BCUT2D eigenvalue weighted by atomic mass is 9.49. The summed E-state index contributed by atoms with van der Waals surface area (Å²) in [5.74, 6) is 2.89. The molecule has 0 radical (unpaired) electrons. The van der Waals surface area contributed by atoms with E-state index in [2.05, 4.69) is 22.9 Å². The molecule has 30 heavy (non-hydrogen) atoms. The number of carbonyl (C=O) groups excluding carboxylic acids is 1. The molecular formula is C25H34N2O3. The highest BCUT2D eigenvalue weighted by Gasteiger charge is 2.59. The average Bonchev–Trinajstić information content (AvgIpc) is 2.69. The van der Waals surface area contributed by atoms with Crippen LogP contribution in [-0.4, -0.2) is 47.2 Å². The largest absolute Gasteiger partial charge is 0.373 e. The van der Waals surface area contributed by atoms with E-state index in [1.807, 2.05) is 12.4 Å². The third-order valence-electron chi connectivity index (χ3n) is 8.60. The number of nitrogens with zero attached hydrogens (tertiary/aromatic N) is 2. The summed E-state index contributed by atoms with van der Waals surface area (Å²) in [5.41, 5.74) is 2.09. The molecule has 2 aliphatic heterocycles. The van der Waals surface area contributed by atoms with Gasteiger partial charge in [-0.1, -0.05) is 6.07 Å². The fraction of sp³-hybridized carbons (Fsp3) is 0.760. The van der Waals surface area contributed by atoms with Crippen LogP contribution in [0.25, 0.3) is 0 Å². The Bertz CT molecular complexity index is 796. The Morgan fingerprint density at radius 3 is 2.50 bits per heavy atom. The van der Waals surface area contributed by atoms with E-state index in [4.69, 9.17) is 9.47 Å². The lowest BCUT2D eigenvalue weighted by Gasteiger charge is -2.60. The van der Waals surface area contributed by atoms with Crippen LogP contribution >= 0.6 is 0 Å². The van der Waals surface area contributed by atoms with Crippen LogP contribution in [-0.2, 0) is 20.9 Å². The third kappa shape index (κ3) is 3.29. The Balaban J connectivity index is 1.06. The standard InChI is InChI=1S/C25H34N2O3/c1-17-4-21(13-26-12-17)14-29-22-2-3-30-25(11-22)15-27(16-25)23(28)24-8-18-5-19(9-24)7-20(6-18)10-24/h4,12-13,18-20,22H,2-3,5-11,14-16H2,1H3. The molecule has 1 amide bonds. The SMILES string of the molecule is Cc1cncc(COC2CCOC3(C2)CN(C(=O)C24CC5CC(CC(C5)C2)C4)C3)c1. The van der Waals surface area contributed by atoms with Gasteiger partial charge in [0.05, 0.1) is 31.2 Å². The molecule has 6 fully saturated rings. The number of amides is 1. The molecule has 162 valence electrons. The summed E-state index contributed by atoms with van der Waals surface area (Å²) in [4.78, 5) is 19.9. The van der Waals surface area contributed by atoms with E-state index in [1.54, 1.807) is 0 Å². The van der Waals surface area contributed by atoms with Crippen LogP contribution < -0.4 is 0 Å². The maximum Gasteiger partial charge on any atom is 0.229 e. The first kappa shape index (κ1) is 19.2. The highest BCUT2D eigenvalue weighted by molar-refractivity contribution is 5.84. The number of aryl methyl sites for hydroxylation is 1. The summed E-state index contributed by atoms with van der Waals surface area (Å²) in [6.07, 6.45) is 13.4. The molecule has 3 heterocycles. The van der Waals surface area contributed by atoms with Crippen LogP contribution in [0.2, 0.25) is 0 Å². The summed E-state index contributed by atoms with van der Waals surface area (Å²) < 4.78 is 12.4. The minimum atomic E-state index is -0.175. The van der Waals surface area contributed by atoms with Gasteiger partial charge in [-0.25, -0.2) is 0 Å². The van der Waals surface area contributed by atoms with Crippen LogP contribution in [0.4, 0.5) is 0 Å². The Morgan fingerprint density at radius 2 is 1.83 bits per heavy atom. The molecule has 4 saturated carbocycles. The van der Waals surface area contributed by atoms with Crippen molar-refractivity contribution < 1.29 is 14.3 Å². The zero-order valence-electron chi connectivity index (χ0n) is 18.1. The fourth-order valence-electron chi connectivity index (χ4n) is 7.76. The minimum absolute atomic E-state index is 0.0287. The summed E-state index contributed by atoms with van der Waals surface area (Å²) in [6, 6.07) is 2.14. The second kappa shape index (κ2) is 7.03. The first-order valence-electron chi connectivity index (χ1n) is 12.0. The molecule has 0 aromatic carbocycles. The first-order valence-corrected chi connectivity index (χ1v) is 12.0. The van der Waals surface area contributed by atoms with Crippen molar-refractivity contribution in [2.24, 2.45) is 23.2 Å². The second-order valence-electron chi connectivity index (χ2n) is 11.2. The van der Waals surface area contributed by atoms with Gasteiger partial charge in [0.2, 0.25) is 5.91 Å². The van der Waals surface area contributed by atoms with E-state index in [-0.39, 0.29) is 17.1 Å². The van der Waals surface area contributed by atoms with Gasteiger partial charge in [0.1, 0.15) is 5.60 Å². The predicted octanol–water partition coefficient (Wildman–Crippen LogP) is 3.88. The third-order valence-corrected chi connectivity index (χ3v) is 8.60. The van der Waals surface area contributed by atoms with Crippen LogP contribution in [0.5, 0.6) is 0 Å². The molecule has 1 spiro atoms. The van der Waals surface area contributed by atoms with Crippen molar-refractivity contribution in [2.45, 2.75) is 76.6 Å². The van der Waals surface area contributed by atoms with Gasteiger partial charge < -0.3 is 14.4 Å². The Morgan fingerprint density at radius 1 is 1.13 bits per heavy atom. The van der Waals surface area contributed by atoms with Gasteiger partial charge in [0.15, 0.2) is 0 Å². The number of carbonyl (C=O) groups is 1. The second-order valence-corrected chi connectivity index (χ2v) is 11.2. The van der Waals surface area contributed by atoms with E-state index >= 15 is 0 Å². The van der Waals surface area contributed by atoms with Gasteiger partial charge >= 0.3 is 0 Å². The van der Waals surface area contributed by atoms with E-state index in [1.165, 1.54) is 19.3 Å². The maximum atomic E-state index is 13.6. The molecule has 1 aromatic heterocycles. The smallest absolute Gasteiger partial charge is 0.229 e. The zero-order chi connectivity index (χ0) is 20.3. The molecule has 4 aliphatic carbocycles. The minimum Gasteiger partial charge on any atom is -0.373 e. The van der Waals surface area contributed by atoms with Gasteiger partial charge in [-0.3, -0.25) is 9.78 Å². The Labute approximate surface area is 179 Å². The van der Waals surface area contributed by atoms with E-state index in [9.17, 15) is 4.79 Å². The van der Waals surface area contributed by atoms with Crippen molar-refractivity contribution in [2.75, 3.05) is 19.7 Å². The van der Waals surface area contributed by atoms with Crippen molar-refractivity contribution in [3.8, 4) is 0 Å². The van der Waals surface area contributed by atoms with Crippen molar-refractivity contribution in [1.82, 2.24) is 9.88 Å². The number of aromatic nitrogens is 1. The van der Waals surface area contributed by atoms with Crippen molar-refractivity contribution >= 4 is 5.91 Å². The van der Waals surface area contributed by atoms with Crippen LogP contribution in [0, 0.1) is 30.1 Å². The lowest BCUT2D eigenvalue weighted by Crippen LogP contribution is -2.70. The normalized spacial score (nSPS) is 38.6. The maximum absolute atomic E-state index is 13.6. The molecule has 5 nitrogen and oxygen atoms in total. The van der Waals surface area contributed by atoms with Gasteiger partial charge in [0.25, 0.3) is 0 Å². The first-order chi connectivity index (χ1) is 14.5. The molecule has 6 aliphatic rings. The van der Waals surface area contributed by atoms with E-state index < -0.39 is 0 Å². The molecule has 4 bridgehead atoms. The van der Waals surface area contributed by atoms with Crippen LogP contribution in [0.15, 0.2) is 18.5 Å². The summed E-state index contributed by atoms with van der Waals surface area (Å²) in [5, 5.41) is 0. The van der Waals surface area contributed by atoms with Crippen LogP contribution in [0.1, 0.15) is 62.5 Å². The monoisotopic (exact) mass is 410 g/mol. The van der Waals surface area contributed by atoms with E-state index in [0.717, 1.165) is 80.7 Å². The highest BCUT2D eigenvalue weighted by atomic mass is 16.5. The predicted molar refractivity (Wildman–Crippen MR) is 113 cm³/mol. The van der Waals surface area contributed by atoms with Crippen molar-refractivity contribution in [3.63, 3.8) is 0 Å². The van der Waals surface area contributed by atoms with Crippen molar-refractivity contribution in [1.29, 1.82) is 0 Å². The number of rotatable bonds is 4. The van der Waals surface area contributed by atoms with Crippen LogP contribution in [0.3, 0.4) is 0 Å². The molecule has 2 saturated heterocycles. The summed E-state index contributed by atoms with van der Waals surface area (Å²) >= 11 is 0. The average molecular weight is 411 g/mol. The molecular weight excluding hydrogens is 376 g/mol. The number of hydrogen-bond acceptors (Lipinski definition) is 4. The lowest BCUT2D eigenvalue weighted by molar-refractivity contribution is -0.212. The number of ether oxygens (including phenoxy) is 2. The molecule has 1 unspecified atom stereocenters. The van der Waals surface area contributed by atoms with Gasteiger partial charge in [-0.05, 0) is 80.8 Å². The topological polar surface area (TPSA) is 51.7 Å². The molecule has 5 heteroatoms. The molecule has 7 rings (SSSR count). The number of pyridine rings is 1. The molecule has 1 atom stereocenters. The Kier molecular flexibility index (Phi) is 4.51. The summed E-state index contributed by atoms with van der Waals surface area (Å²) in [7, 11) is 0. The number of likely N-dealkylation sites (tertiary alicyclic amines) is 1.